The Balaban J connectivity index is 1.35. The van der Waals surface area contributed by atoms with Gasteiger partial charge in [-0.3, -0.25) is 14.8 Å². The van der Waals surface area contributed by atoms with Crippen molar-refractivity contribution in [3.05, 3.63) is 35.8 Å². The molecule has 5 rings (SSSR count). The first-order chi connectivity index (χ1) is 19.8. The molecular weight excluding hydrogens is 528 g/mol. The Morgan fingerprint density at radius 2 is 2.00 bits per heavy atom. The zero-order valence-corrected chi connectivity index (χ0v) is 24.7. The minimum Gasteiger partial charge on any atom is -0.404 e. The Morgan fingerprint density at radius 1 is 1.24 bits per heavy atom. The quantitative estimate of drug-likeness (QED) is 0.503. The van der Waals surface area contributed by atoms with Crippen molar-refractivity contribution in [1.29, 1.82) is 0 Å². The molecule has 5 aliphatic rings. The van der Waals surface area contributed by atoms with Gasteiger partial charge in [-0.25, -0.2) is 13.8 Å². The molecule has 0 aromatic heterocycles. The molecule has 0 radical (unpaired) electrons. The van der Waals surface area contributed by atoms with Crippen LogP contribution in [0.3, 0.4) is 0 Å². The van der Waals surface area contributed by atoms with Crippen LogP contribution in [0.2, 0.25) is 0 Å². The highest BCUT2D eigenvalue weighted by Gasteiger charge is 2.45. The fraction of sp³-hybridized carbons (Fsp3) is 0.733. The van der Waals surface area contributed by atoms with Gasteiger partial charge in [0.05, 0.1) is 25.0 Å². The molecule has 3 N–H and O–H groups in total. The number of nitrogens with zero attached hydrogens (tertiary/aromatic N) is 5. The Bertz CT molecular complexity index is 1060. The summed E-state index contributed by atoms with van der Waals surface area (Å²) in [6, 6.07) is 0.879. The molecule has 3 saturated heterocycles. The number of piperidine rings is 1. The van der Waals surface area contributed by atoms with Gasteiger partial charge in [0.15, 0.2) is 0 Å². The Labute approximate surface area is 243 Å². The molecule has 0 aromatic carbocycles. The maximum absolute atomic E-state index is 14.3. The highest BCUT2D eigenvalue weighted by Crippen LogP contribution is 2.36. The van der Waals surface area contributed by atoms with E-state index in [9.17, 15) is 8.78 Å². The van der Waals surface area contributed by atoms with Crippen molar-refractivity contribution in [2.75, 3.05) is 72.7 Å². The number of methoxy groups -OCH3 is 1. The predicted octanol–water partition coefficient (Wildman–Crippen LogP) is 2.42. The van der Waals surface area contributed by atoms with Crippen molar-refractivity contribution >= 4 is 11.4 Å². The van der Waals surface area contributed by atoms with Crippen LogP contribution in [0.1, 0.15) is 39.0 Å². The van der Waals surface area contributed by atoms with Crippen molar-refractivity contribution in [2.24, 2.45) is 15.7 Å². The first-order valence-electron chi connectivity index (χ1n) is 15.1. The molecule has 9 nitrogen and oxygen atoms in total. The lowest BCUT2D eigenvalue weighted by Crippen LogP contribution is -2.68. The summed E-state index contributed by atoms with van der Waals surface area (Å²) in [4.78, 5) is 16.8. The van der Waals surface area contributed by atoms with E-state index in [1.54, 1.807) is 13.3 Å². The first-order valence-corrected chi connectivity index (χ1v) is 15.1. The Kier molecular flexibility index (Phi) is 9.91. The number of hydrogen-bond acceptors (Lipinski definition) is 9. The van der Waals surface area contributed by atoms with Crippen LogP contribution in [0.4, 0.5) is 8.78 Å². The van der Waals surface area contributed by atoms with Crippen molar-refractivity contribution < 1.29 is 18.3 Å². The van der Waals surface area contributed by atoms with Crippen LogP contribution in [0, 0.1) is 0 Å². The summed E-state index contributed by atoms with van der Waals surface area (Å²) in [5.41, 5.74) is 7.40. The summed E-state index contributed by atoms with van der Waals surface area (Å²) in [6.07, 6.45) is 4.68. The molecule has 1 spiro atoms. The monoisotopic (exact) mass is 575 g/mol. The van der Waals surface area contributed by atoms with E-state index in [2.05, 4.69) is 37.7 Å². The lowest BCUT2D eigenvalue weighted by Gasteiger charge is -2.53. The van der Waals surface area contributed by atoms with Gasteiger partial charge in [0.1, 0.15) is 17.1 Å². The molecule has 3 atom stereocenters. The van der Waals surface area contributed by atoms with E-state index in [0.29, 0.717) is 75.6 Å². The number of aliphatic imine (C=N–C) groups is 2. The van der Waals surface area contributed by atoms with Crippen LogP contribution in [-0.4, -0.2) is 129 Å². The van der Waals surface area contributed by atoms with Crippen LogP contribution in [0.25, 0.3) is 0 Å². The molecule has 0 bridgehead atoms. The van der Waals surface area contributed by atoms with Gasteiger partial charge in [0.2, 0.25) is 0 Å². The first kappa shape index (κ1) is 30.3. The van der Waals surface area contributed by atoms with Gasteiger partial charge in [-0.1, -0.05) is 6.58 Å². The summed E-state index contributed by atoms with van der Waals surface area (Å²) in [6.45, 7) is 14.1. The number of rotatable bonds is 6. The SMILES string of the molecule is C=C1CCCC2[C@H](N3CCNCC3)CN2C/C=C(N2CCC3(CC2)OC[C@H](COC)N=C3/C(C)=C\N)\N=C/1C(F)F. The standard InChI is InChI=1S/C30H47F2N7O2/c1-21-5-4-6-24-25(37-15-10-34-11-16-37)18-39(24)12-7-26(36-27(21)29(31)32)38-13-8-30(9-14-38)28(22(2)17-33)35-23(19-40-3)20-41-30/h7,17,23-25,29,34H,1,4-6,8-16,18-20,33H2,2-3H3/b22-17-,26-7+,36-27+/t23-,24?,25+/m0/s1. The number of halogens is 2. The molecule has 41 heavy (non-hydrogen) atoms. The predicted molar refractivity (Wildman–Crippen MR) is 159 cm³/mol. The van der Waals surface area contributed by atoms with Crippen molar-refractivity contribution in [3.8, 4) is 0 Å². The van der Waals surface area contributed by atoms with E-state index in [4.69, 9.17) is 20.2 Å². The summed E-state index contributed by atoms with van der Waals surface area (Å²) in [7, 11) is 1.66. The van der Waals surface area contributed by atoms with Crippen LogP contribution < -0.4 is 11.1 Å². The van der Waals surface area contributed by atoms with Crippen molar-refractivity contribution in [2.45, 2.75) is 69.2 Å². The van der Waals surface area contributed by atoms with Crippen LogP contribution in [-0.2, 0) is 9.47 Å². The van der Waals surface area contributed by atoms with Crippen molar-refractivity contribution in [3.63, 3.8) is 0 Å². The second-order valence-corrected chi connectivity index (χ2v) is 12.0. The molecule has 5 heterocycles. The van der Waals surface area contributed by atoms with Gasteiger partial charge in [-0.2, -0.15) is 0 Å². The Morgan fingerprint density at radius 3 is 2.68 bits per heavy atom. The number of ether oxygens (including phenoxy) is 2. The third-order valence-corrected chi connectivity index (χ3v) is 9.42. The number of piperazine rings is 1. The van der Waals surface area contributed by atoms with E-state index < -0.39 is 12.0 Å². The molecule has 0 aromatic rings. The van der Waals surface area contributed by atoms with E-state index in [0.717, 1.165) is 56.9 Å². The van der Waals surface area contributed by atoms with Gasteiger partial charge in [-0.15, -0.1) is 0 Å². The summed E-state index contributed by atoms with van der Waals surface area (Å²) < 4.78 is 40.3. The Hall–Kier alpha value is -2.18. The number of allylic oxidation sites excluding steroid dienone is 1. The van der Waals surface area contributed by atoms with Gasteiger partial charge >= 0.3 is 0 Å². The van der Waals surface area contributed by atoms with Crippen LogP contribution >= 0.6 is 0 Å². The third-order valence-electron chi connectivity index (χ3n) is 9.42. The normalized spacial score (nSPS) is 33.2. The second kappa shape index (κ2) is 13.4. The van der Waals surface area contributed by atoms with E-state index in [1.165, 1.54) is 0 Å². The third kappa shape index (κ3) is 6.59. The number of nitrogens with two attached hydrogens (primary N) is 1. The molecule has 0 saturated carbocycles. The summed E-state index contributed by atoms with van der Waals surface area (Å²) in [5.74, 6) is 0.611. The molecule has 5 aliphatic heterocycles. The zero-order valence-electron chi connectivity index (χ0n) is 24.7. The van der Waals surface area contributed by atoms with Crippen molar-refractivity contribution in [1.82, 2.24) is 20.0 Å². The van der Waals surface area contributed by atoms with Gasteiger partial charge < -0.3 is 25.4 Å². The lowest BCUT2D eigenvalue weighted by atomic mass is 9.82. The number of nitrogens with one attached hydrogen (secondary N) is 1. The van der Waals surface area contributed by atoms with E-state index in [1.807, 2.05) is 6.92 Å². The number of likely N-dealkylation sites (tertiary alicyclic amines) is 1. The minimum absolute atomic E-state index is 0.0720. The van der Waals surface area contributed by atoms with Gasteiger partial charge in [0, 0.05) is 71.6 Å². The van der Waals surface area contributed by atoms with Crippen LogP contribution in [0.5, 0.6) is 0 Å². The van der Waals surface area contributed by atoms with E-state index in [-0.39, 0.29) is 11.8 Å². The molecule has 3 fully saturated rings. The maximum Gasteiger partial charge on any atom is 0.280 e. The number of alkyl halides is 2. The second-order valence-electron chi connectivity index (χ2n) is 12.0. The minimum atomic E-state index is -2.66. The van der Waals surface area contributed by atoms with E-state index >= 15 is 0 Å². The smallest absolute Gasteiger partial charge is 0.280 e. The van der Waals surface area contributed by atoms with Gasteiger partial charge in [0.25, 0.3) is 6.43 Å². The fourth-order valence-electron chi connectivity index (χ4n) is 7.02. The fourth-order valence-corrected chi connectivity index (χ4v) is 7.02. The molecule has 0 amide bonds. The molecule has 228 valence electrons. The zero-order chi connectivity index (χ0) is 29.0. The highest BCUT2D eigenvalue weighted by atomic mass is 19.3. The average molecular weight is 576 g/mol. The lowest BCUT2D eigenvalue weighted by molar-refractivity contribution is -0.0514. The van der Waals surface area contributed by atoms with Crippen LogP contribution in [0.15, 0.2) is 45.8 Å². The summed E-state index contributed by atoms with van der Waals surface area (Å²) in [5, 5.41) is 3.44. The maximum atomic E-state index is 14.3. The largest absolute Gasteiger partial charge is 0.404 e. The summed E-state index contributed by atoms with van der Waals surface area (Å²) >= 11 is 0. The highest BCUT2D eigenvalue weighted by molar-refractivity contribution is 6.06. The molecular formula is C30H47F2N7O2. The average Bonchev–Trinajstić information content (AvgIpc) is 2.99. The number of fused-ring (bicyclic) bond motifs is 1. The topological polar surface area (TPSA) is 91.0 Å². The van der Waals surface area contributed by atoms with Gasteiger partial charge in [-0.05, 0) is 62.5 Å². The molecule has 11 heteroatoms. The molecule has 1 unspecified atom stereocenters. The molecule has 0 aliphatic carbocycles. The number of hydrogen-bond donors (Lipinski definition) is 2.